The van der Waals surface area contributed by atoms with Crippen LogP contribution in [0.2, 0.25) is 0 Å². The molecule has 3 aromatic rings. The van der Waals surface area contributed by atoms with Crippen molar-refractivity contribution in [2.24, 2.45) is 0 Å². The van der Waals surface area contributed by atoms with E-state index in [1.807, 2.05) is 65.7 Å². The number of anilines is 1. The Balaban J connectivity index is 1.57. The zero-order chi connectivity index (χ0) is 28.2. The summed E-state index contributed by atoms with van der Waals surface area (Å²) in [5.41, 5.74) is 5.99. The maximum absolute atomic E-state index is 13.2. The number of amides is 1. The van der Waals surface area contributed by atoms with Crippen molar-refractivity contribution in [1.82, 2.24) is 14.9 Å². The number of carbonyl (C=O) groups is 2. The van der Waals surface area contributed by atoms with Crippen LogP contribution in [0.1, 0.15) is 80.2 Å². The van der Waals surface area contributed by atoms with Crippen LogP contribution in [0.4, 0.5) is 5.13 Å². The highest BCUT2D eigenvalue weighted by Gasteiger charge is 2.26. The molecule has 1 aliphatic carbocycles. The molecule has 7 nitrogen and oxygen atoms in total. The van der Waals surface area contributed by atoms with Crippen LogP contribution in [0.3, 0.4) is 0 Å². The summed E-state index contributed by atoms with van der Waals surface area (Å²) in [6.45, 7) is 10.2. The number of Topliss-reactive ketones (excluding diaryl/α,β-unsaturated/α-hetero) is 1. The number of nitrogens with one attached hydrogen (secondary N) is 2. The van der Waals surface area contributed by atoms with Crippen molar-refractivity contribution in [2.45, 2.75) is 65.5 Å². The summed E-state index contributed by atoms with van der Waals surface area (Å²) in [5.74, 6) is -0.122. The molecular formula is C31H38N4O3S. The van der Waals surface area contributed by atoms with Crippen LogP contribution >= 0.6 is 11.3 Å². The van der Waals surface area contributed by atoms with Crippen molar-refractivity contribution in [3.63, 3.8) is 0 Å². The van der Waals surface area contributed by atoms with Gasteiger partial charge < -0.3 is 19.9 Å². The van der Waals surface area contributed by atoms with E-state index in [-0.39, 0.29) is 23.3 Å². The van der Waals surface area contributed by atoms with E-state index >= 15 is 0 Å². The van der Waals surface area contributed by atoms with Gasteiger partial charge in [0, 0.05) is 47.2 Å². The van der Waals surface area contributed by atoms with E-state index in [1.165, 1.54) is 16.9 Å². The molecule has 8 heteroatoms. The number of rotatable bonds is 10. The van der Waals surface area contributed by atoms with Crippen molar-refractivity contribution in [2.75, 3.05) is 19.0 Å². The van der Waals surface area contributed by atoms with Gasteiger partial charge in [0.25, 0.3) is 5.91 Å². The number of nitrogens with zero attached hydrogens (tertiary/aromatic N) is 2. The average molecular weight is 547 g/mol. The average Bonchev–Trinajstić information content (AvgIpc) is 3.53. The topological polar surface area (TPSA) is 85.2 Å². The summed E-state index contributed by atoms with van der Waals surface area (Å²) in [7, 11) is 1.64. The fourth-order valence-electron chi connectivity index (χ4n) is 4.52. The molecule has 0 spiro atoms. The van der Waals surface area contributed by atoms with Crippen molar-refractivity contribution in [1.29, 1.82) is 0 Å². The van der Waals surface area contributed by atoms with Gasteiger partial charge in [-0.1, -0.05) is 24.3 Å². The van der Waals surface area contributed by atoms with Crippen molar-refractivity contribution in [3.05, 3.63) is 76.1 Å². The maximum atomic E-state index is 13.2. The molecule has 4 rings (SSSR count). The zero-order valence-corrected chi connectivity index (χ0v) is 24.4. The molecular weight excluding hydrogens is 508 g/mol. The van der Waals surface area contributed by atoms with Crippen molar-refractivity contribution in [3.8, 4) is 11.3 Å². The SMILES string of the molecule is C/C=C\c1ccc(-c2csc(NC(=C3CCC3)C(COC)NC(=O)c3ccn(C(C)(C)C)c3)n2)cc1C(C)=O. The Labute approximate surface area is 235 Å². The summed E-state index contributed by atoms with van der Waals surface area (Å²) in [4.78, 5) is 30.3. The highest BCUT2D eigenvalue weighted by molar-refractivity contribution is 7.14. The van der Waals surface area contributed by atoms with E-state index in [1.54, 1.807) is 14.0 Å². The highest BCUT2D eigenvalue weighted by Crippen LogP contribution is 2.33. The molecule has 2 heterocycles. The molecule has 1 aliphatic rings. The van der Waals surface area contributed by atoms with Gasteiger partial charge in [-0.05, 0) is 77.2 Å². The molecule has 1 amide bonds. The molecule has 1 fully saturated rings. The molecule has 0 bridgehead atoms. The summed E-state index contributed by atoms with van der Waals surface area (Å²) >= 11 is 1.50. The third kappa shape index (κ3) is 6.75. The smallest absolute Gasteiger partial charge is 0.253 e. The summed E-state index contributed by atoms with van der Waals surface area (Å²) < 4.78 is 7.57. The van der Waals surface area contributed by atoms with Gasteiger partial charge in [-0.3, -0.25) is 9.59 Å². The standard InChI is InChI=1S/C31H38N4O3S/c1-7-9-21-12-13-23(16-25(21)20(2)36)27-19-39-30(33-27)34-28(22-10-8-11-22)26(18-38-6)32-29(37)24-14-15-35(17-24)31(3,4)5/h7,9,12-17,19,26H,8,10-11,18H2,1-6H3,(H,32,37)(H,33,34)/b9-7-. The van der Waals surface area contributed by atoms with Gasteiger partial charge >= 0.3 is 0 Å². The van der Waals surface area contributed by atoms with Crippen molar-refractivity contribution < 1.29 is 14.3 Å². The van der Waals surface area contributed by atoms with Crippen LogP contribution in [0.25, 0.3) is 17.3 Å². The van der Waals surface area contributed by atoms with Crippen LogP contribution in [-0.4, -0.2) is 41.0 Å². The fraction of sp³-hybridized carbons (Fsp3) is 0.387. The van der Waals surface area contributed by atoms with E-state index < -0.39 is 0 Å². The summed E-state index contributed by atoms with van der Waals surface area (Å²) in [5, 5.41) is 9.42. The Morgan fingerprint density at radius 2 is 2.00 bits per heavy atom. The lowest BCUT2D eigenvalue weighted by Gasteiger charge is -2.29. The third-order valence-corrected chi connectivity index (χ3v) is 7.63. The molecule has 2 N–H and O–H groups in total. The summed E-state index contributed by atoms with van der Waals surface area (Å²) in [6, 6.07) is 7.35. The first kappa shape index (κ1) is 28.5. The Hall–Kier alpha value is -3.49. The minimum absolute atomic E-state index is 0.0199. The van der Waals surface area contributed by atoms with Crippen LogP contribution in [0.5, 0.6) is 0 Å². The second-order valence-electron chi connectivity index (χ2n) is 10.9. The van der Waals surface area contributed by atoms with E-state index in [9.17, 15) is 9.59 Å². The van der Waals surface area contributed by atoms with E-state index in [2.05, 4.69) is 31.4 Å². The Kier molecular flexibility index (Phi) is 8.87. The minimum atomic E-state index is -0.340. The Morgan fingerprint density at radius 1 is 1.23 bits per heavy atom. The number of hydrogen-bond acceptors (Lipinski definition) is 6. The number of ketones is 1. The second kappa shape index (κ2) is 12.1. The molecule has 0 radical (unpaired) electrons. The lowest BCUT2D eigenvalue weighted by molar-refractivity contribution is 0.0910. The Bertz CT molecular complexity index is 1400. The molecule has 1 unspecified atom stereocenters. The number of methoxy groups -OCH3 is 1. The number of benzene rings is 1. The highest BCUT2D eigenvalue weighted by atomic mass is 32.1. The first-order valence-electron chi connectivity index (χ1n) is 13.3. The number of allylic oxidation sites excluding steroid dienone is 2. The molecule has 39 heavy (non-hydrogen) atoms. The summed E-state index contributed by atoms with van der Waals surface area (Å²) in [6.07, 6.45) is 10.8. The van der Waals surface area contributed by atoms with Gasteiger partial charge in [-0.15, -0.1) is 11.3 Å². The monoisotopic (exact) mass is 546 g/mol. The van der Waals surface area contributed by atoms with Crippen LogP contribution in [0.15, 0.2) is 59.4 Å². The van der Waals surface area contributed by atoms with Crippen LogP contribution in [-0.2, 0) is 10.3 Å². The number of carbonyl (C=O) groups excluding carboxylic acids is 2. The number of ether oxygens (including phenoxy) is 1. The molecule has 2 aromatic heterocycles. The normalized spacial score (nSPS) is 14.3. The molecule has 1 saturated carbocycles. The lowest BCUT2D eigenvalue weighted by atomic mass is 9.88. The predicted molar refractivity (Wildman–Crippen MR) is 159 cm³/mol. The van der Waals surface area contributed by atoms with Gasteiger partial charge in [0.15, 0.2) is 10.9 Å². The first-order chi connectivity index (χ1) is 18.6. The number of aromatic nitrogens is 2. The molecule has 1 atom stereocenters. The van der Waals surface area contributed by atoms with Gasteiger partial charge in [0.2, 0.25) is 0 Å². The van der Waals surface area contributed by atoms with E-state index in [4.69, 9.17) is 9.72 Å². The molecule has 1 aromatic carbocycles. The molecule has 0 aliphatic heterocycles. The fourth-order valence-corrected chi connectivity index (χ4v) is 5.25. The van der Waals surface area contributed by atoms with Gasteiger partial charge in [-0.2, -0.15) is 0 Å². The van der Waals surface area contributed by atoms with Gasteiger partial charge in [0.1, 0.15) is 0 Å². The van der Waals surface area contributed by atoms with Gasteiger partial charge in [0.05, 0.1) is 23.9 Å². The maximum Gasteiger partial charge on any atom is 0.253 e. The van der Waals surface area contributed by atoms with Crippen LogP contribution < -0.4 is 10.6 Å². The van der Waals surface area contributed by atoms with E-state index in [0.717, 1.165) is 46.9 Å². The number of thiazole rings is 1. The predicted octanol–water partition coefficient (Wildman–Crippen LogP) is 6.90. The van der Waals surface area contributed by atoms with Crippen LogP contribution in [0, 0.1) is 0 Å². The zero-order valence-electron chi connectivity index (χ0n) is 23.6. The third-order valence-electron chi connectivity index (χ3n) is 6.88. The molecule has 0 saturated heterocycles. The molecule has 206 valence electrons. The van der Waals surface area contributed by atoms with Crippen molar-refractivity contribution >= 4 is 34.2 Å². The quantitative estimate of drug-likeness (QED) is 0.270. The lowest BCUT2D eigenvalue weighted by Crippen LogP contribution is -2.42. The second-order valence-corrected chi connectivity index (χ2v) is 11.7. The number of hydrogen-bond donors (Lipinski definition) is 2. The first-order valence-corrected chi connectivity index (χ1v) is 14.2. The largest absolute Gasteiger partial charge is 0.382 e. The van der Waals surface area contributed by atoms with E-state index in [0.29, 0.717) is 17.7 Å². The Morgan fingerprint density at radius 3 is 2.59 bits per heavy atom. The minimum Gasteiger partial charge on any atom is -0.382 e. The van der Waals surface area contributed by atoms with Gasteiger partial charge in [-0.25, -0.2) is 4.98 Å².